The Kier molecular flexibility index (Phi) is 3.20. The monoisotopic (exact) mass is 256 g/mol. The van der Waals surface area contributed by atoms with Gasteiger partial charge < -0.3 is 5.32 Å². The van der Waals surface area contributed by atoms with Crippen molar-refractivity contribution in [1.82, 2.24) is 10.2 Å². The summed E-state index contributed by atoms with van der Waals surface area (Å²) < 4.78 is 0. The van der Waals surface area contributed by atoms with Crippen LogP contribution in [0.25, 0.3) is 0 Å². The number of nitrogens with one attached hydrogen (secondary N) is 1. The Bertz CT molecular complexity index is 366. The fraction of sp³-hybridized carbons (Fsp3) is 0.667. The molecular weight excluding hydrogens is 240 g/mol. The predicted molar refractivity (Wildman–Crippen MR) is 69.1 cm³/mol. The van der Waals surface area contributed by atoms with Crippen molar-refractivity contribution < 1.29 is 0 Å². The molecule has 0 aliphatic carbocycles. The van der Waals surface area contributed by atoms with Gasteiger partial charge in [0.2, 0.25) is 0 Å². The molecule has 2 aliphatic heterocycles. The number of nitrogens with zero attached hydrogens (tertiary/aromatic N) is 1. The van der Waals surface area contributed by atoms with Gasteiger partial charge in [-0.3, -0.25) is 4.90 Å². The molecule has 4 heteroatoms. The number of likely N-dealkylation sites (tertiary alicyclic amines) is 1. The fourth-order valence-electron chi connectivity index (χ4n) is 2.89. The Balaban J connectivity index is 1.62. The summed E-state index contributed by atoms with van der Waals surface area (Å²) in [6.07, 6.45) is 1.35. The molecule has 2 saturated heterocycles. The molecular formula is C12H17ClN2S. The van der Waals surface area contributed by atoms with Crippen LogP contribution in [0.4, 0.5) is 0 Å². The Morgan fingerprint density at radius 2 is 2.31 bits per heavy atom. The summed E-state index contributed by atoms with van der Waals surface area (Å²) in [5.41, 5.74) is 0. The molecule has 2 fully saturated rings. The second-order valence-electron chi connectivity index (χ2n) is 4.89. The van der Waals surface area contributed by atoms with E-state index in [1.54, 1.807) is 11.3 Å². The lowest BCUT2D eigenvalue weighted by atomic mass is 9.89. The van der Waals surface area contributed by atoms with Crippen molar-refractivity contribution in [2.45, 2.75) is 13.0 Å². The maximum absolute atomic E-state index is 6.14. The van der Waals surface area contributed by atoms with Crippen molar-refractivity contribution >= 4 is 22.9 Å². The molecule has 16 heavy (non-hydrogen) atoms. The lowest BCUT2D eigenvalue weighted by molar-refractivity contribution is 0.143. The molecule has 3 heterocycles. The van der Waals surface area contributed by atoms with Crippen molar-refractivity contribution in [1.29, 1.82) is 0 Å². The molecule has 0 aromatic carbocycles. The van der Waals surface area contributed by atoms with E-state index in [1.165, 1.54) is 37.5 Å². The van der Waals surface area contributed by atoms with Crippen LogP contribution in [0.3, 0.4) is 0 Å². The lowest BCUT2D eigenvalue weighted by Gasteiger charge is -2.34. The predicted octanol–water partition coefficient (Wildman–Crippen LogP) is 2.44. The zero-order valence-corrected chi connectivity index (χ0v) is 10.9. The zero-order chi connectivity index (χ0) is 11.0. The maximum Gasteiger partial charge on any atom is 0.0558 e. The third-order valence-corrected chi connectivity index (χ3v) is 5.22. The first kappa shape index (κ1) is 11.0. The van der Waals surface area contributed by atoms with E-state index >= 15 is 0 Å². The van der Waals surface area contributed by atoms with E-state index in [4.69, 9.17) is 11.6 Å². The van der Waals surface area contributed by atoms with E-state index in [0.717, 1.165) is 23.4 Å². The molecule has 2 unspecified atom stereocenters. The summed E-state index contributed by atoms with van der Waals surface area (Å²) in [4.78, 5) is 3.89. The van der Waals surface area contributed by atoms with Crippen LogP contribution < -0.4 is 5.32 Å². The van der Waals surface area contributed by atoms with Gasteiger partial charge in [0, 0.05) is 18.0 Å². The molecule has 88 valence electrons. The second kappa shape index (κ2) is 4.65. The Hall–Kier alpha value is -0.0900. The van der Waals surface area contributed by atoms with Crippen molar-refractivity contribution in [2.24, 2.45) is 11.8 Å². The first-order valence-corrected chi connectivity index (χ1v) is 7.23. The van der Waals surface area contributed by atoms with Gasteiger partial charge in [0.25, 0.3) is 0 Å². The highest BCUT2D eigenvalue weighted by Crippen LogP contribution is 2.29. The zero-order valence-electron chi connectivity index (χ0n) is 9.29. The summed E-state index contributed by atoms with van der Waals surface area (Å²) in [6, 6.07) is 2.01. The number of hydrogen-bond acceptors (Lipinski definition) is 3. The smallest absolute Gasteiger partial charge is 0.0558 e. The van der Waals surface area contributed by atoms with Crippen LogP contribution in [0.2, 0.25) is 5.02 Å². The second-order valence-corrected chi connectivity index (χ2v) is 6.30. The van der Waals surface area contributed by atoms with Crippen LogP contribution in [0.1, 0.15) is 11.3 Å². The largest absolute Gasteiger partial charge is 0.316 e. The number of hydrogen-bond donors (Lipinski definition) is 1. The molecule has 3 rings (SSSR count). The van der Waals surface area contributed by atoms with Crippen LogP contribution in [-0.4, -0.2) is 31.1 Å². The van der Waals surface area contributed by atoms with Gasteiger partial charge in [0.1, 0.15) is 0 Å². The lowest BCUT2D eigenvalue weighted by Crippen LogP contribution is -2.39. The molecule has 2 atom stereocenters. The molecule has 2 nitrogen and oxygen atoms in total. The van der Waals surface area contributed by atoms with Gasteiger partial charge in [0.15, 0.2) is 0 Å². The van der Waals surface area contributed by atoms with E-state index in [9.17, 15) is 0 Å². The number of rotatable bonds is 2. The van der Waals surface area contributed by atoms with E-state index in [2.05, 4.69) is 15.6 Å². The maximum atomic E-state index is 6.14. The highest BCUT2D eigenvalue weighted by atomic mass is 35.5. The van der Waals surface area contributed by atoms with Gasteiger partial charge >= 0.3 is 0 Å². The number of piperidine rings is 1. The summed E-state index contributed by atoms with van der Waals surface area (Å²) in [7, 11) is 0. The standard InChI is InChI=1S/C12H17ClN2S/c13-11-2-4-16-12(11)8-15-3-1-9-5-14-6-10(9)7-15/h2,4,9-10,14H,1,3,5-8H2. The molecule has 0 spiro atoms. The van der Waals surface area contributed by atoms with Crippen LogP contribution in [0.5, 0.6) is 0 Å². The third kappa shape index (κ3) is 2.14. The average Bonchev–Trinajstić information content (AvgIpc) is 2.88. The SMILES string of the molecule is Clc1ccsc1CN1CCC2CNCC2C1. The molecule has 1 N–H and O–H groups in total. The Morgan fingerprint density at radius 1 is 1.44 bits per heavy atom. The van der Waals surface area contributed by atoms with Crippen molar-refractivity contribution in [3.63, 3.8) is 0 Å². The Labute approximate surface area is 106 Å². The van der Waals surface area contributed by atoms with Gasteiger partial charge in [-0.25, -0.2) is 0 Å². The van der Waals surface area contributed by atoms with Gasteiger partial charge in [-0.15, -0.1) is 11.3 Å². The molecule has 1 aromatic rings. The minimum atomic E-state index is 0.868. The van der Waals surface area contributed by atoms with E-state index < -0.39 is 0 Å². The fourth-order valence-corrected chi connectivity index (χ4v) is 4.03. The number of fused-ring (bicyclic) bond motifs is 1. The topological polar surface area (TPSA) is 15.3 Å². The first-order chi connectivity index (χ1) is 7.83. The Morgan fingerprint density at radius 3 is 3.12 bits per heavy atom. The number of thiophene rings is 1. The molecule has 0 bridgehead atoms. The van der Waals surface area contributed by atoms with E-state index in [0.29, 0.717) is 0 Å². The summed E-state index contributed by atoms with van der Waals surface area (Å²) >= 11 is 7.92. The molecule has 0 saturated carbocycles. The normalized spacial score (nSPS) is 30.6. The molecule has 0 radical (unpaired) electrons. The summed E-state index contributed by atoms with van der Waals surface area (Å²) in [5.74, 6) is 1.79. The quantitative estimate of drug-likeness (QED) is 0.875. The van der Waals surface area contributed by atoms with Gasteiger partial charge in [-0.1, -0.05) is 11.6 Å². The van der Waals surface area contributed by atoms with Crippen LogP contribution in [-0.2, 0) is 6.54 Å². The average molecular weight is 257 g/mol. The van der Waals surface area contributed by atoms with Gasteiger partial charge in [-0.2, -0.15) is 0 Å². The molecule has 2 aliphatic rings. The van der Waals surface area contributed by atoms with E-state index in [-0.39, 0.29) is 0 Å². The van der Waals surface area contributed by atoms with Gasteiger partial charge in [0.05, 0.1) is 5.02 Å². The number of halogens is 1. The van der Waals surface area contributed by atoms with Crippen LogP contribution in [0.15, 0.2) is 11.4 Å². The van der Waals surface area contributed by atoms with Crippen molar-refractivity contribution in [3.05, 3.63) is 21.3 Å². The van der Waals surface area contributed by atoms with Crippen molar-refractivity contribution in [2.75, 3.05) is 26.2 Å². The van der Waals surface area contributed by atoms with Crippen LogP contribution >= 0.6 is 22.9 Å². The third-order valence-electron chi connectivity index (χ3n) is 3.85. The minimum Gasteiger partial charge on any atom is -0.316 e. The highest BCUT2D eigenvalue weighted by Gasteiger charge is 2.32. The molecule has 1 aromatic heterocycles. The highest BCUT2D eigenvalue weighted by molar-refractivity contribution is 7.10. The minimum absolute atomic E-state index is 0.868. The summed E-state index contributed by atoms with van der Waals surface area (Å²) in [5, 5.41) is 6.53. The van der Waals surface area contributed by atoms with E-state index in [1.807, 2.05) is 6.07 Å². The molecule has 0 amide bonds. The van der Waals surface area contributed by atoms with Gasteiger partial charge in [-0.05, 0) is 49.3 Å². The first-order valence-electron chi connectivity index (χ1n) is 5.98. The van der Waals surface area contributed by atoms with Crippen molar-refractivity contribution in [3.8, 4) is 0 Å². The summed E-state index contributed by atoms with van der Waals surface area (Å²) in [6.45, 7) is 5.96. The van der Waals surface area contributed by atoms with Crippen LogP contribution in [0, 0.1) is 11.8 Å².